The highest BCUT2D eigenvalue weighted by Crippen LogP contribution is 2.29. The van der Waals surface area contributed by atoms with Crippen LogP contribution >= 0.6 is 0 Å². The molecule has 0 heterocycles. The summed E-state index contributed by atoms with van der Waals surface area (Å²) in [6.45, 7) is 0. The van der Waals surface area contributed by atoms with Crippen molar-refractivity contribution in [2.75, 3.05) is 7.11 Å². The molecular weight excluding hydrogens is 237 g/mol. The van der Waals surface area contributed by atoms with Gasteiger partial charge in [-0.05, 0) is 12.1 Å². The summed E-state index contributed by atoms with van der Waals surface area (Å²) in [5, 5.41) is 9.39. The van der Waals surface area contributed by atoms with Crippen LogP contribution < -0.4 is 0 Å². The Hall–Kier alpha value is -1.98. The summed E-state index contributed by atoms with van der Waals surface area (Å²) < 4.78 is 41.0. The number of hydrogen-bond acceptors (Lipinski definition) is 3. The van der Waals surface area contributed by atoms with Crippen molar-refractivity contribution >= 4 is 11.7 Å². The molecule has 0 fully saturated rings. The first-order valence-electron chi connectivity index (χ1n) is 4.51. The van der Waals surface area contributed by atoms with E-state index in [1.165, 1.54) is 0 Å². The second kappa shape index (κ2) is 4.90. The molecule has 1 rings (SSSR count). The normalized spacial score (nSPS) is 12.4. The minimum absolute atomic E-state index is 0.100. The fourth-order valence-electron chi connectivity index (χ4n) is 1.08. The van der Waals surface area contributed by atoms with Gasteiger partial charge in [0.15, 0.2) is 0 Å². The Morgan fingerprint density at radius 2 is 1.82 bits per heavy atom. The van der Waals surface area contributed by atoms with Crippen LogP contribution in [0.2, 0.25) is 0 Å². The molecule has 1 aromatic carbocycles. The average molecular weight is 246 g/mol. The van der Waals surface area contributed by atoms with Gasteiger partial charge in [-0.15, -0.1) is 0 Å². The van der Waals surface area contributed by atoms with E-state index in [1.54, 1.807) is 0 Å². The maximum absolute atomic E-state index is 12.2. The summed E-state index contributed by atoms with van der Waals surface area (Å²) in [6, 6.07) is 3.77. The first kappa shape index (κ1) is 13.1. The average Bonchev–Trinajstić information content (AvgIpc) is 2.27. The number of aliphatic hydroxyl groups excluding tert-OH is 1. The molecule has 92 valence electrons. The van der Waals surface area contributed by atoms with Crippen molar-refractivity contribution in [1.82, 2.24) is 0 Å². The molecule has 17 heavy (non-hydrogen) atoms. The van der Waals surface area contributed by atoms with E-state index < -0.39 is 23.5 Å². The third-order valence-electron chi connectivity index (χ3n) is 1.96. The monoisotopic (exact) mass is 246 g/mol. The Morgan fingerprint density at radius 1 is 1.29 bits per heavy atom. The van der Waals surface area contributed by atoms with Gasteiger partial charge in [-0.1, -0.05) is 12.1 Å². The molecule has 0 spiro atoms. The van der Waals surface area contributed by atoms with E-state index in [0.29, 0.717) is 0 Å². The number of alkyl halides is 3. The standard InChI is InChI=1S/C11H9F3O3/c1-17-10(16)6-9(15)7-2-4-8(5-3-7)11(12,13)14/h2-6,15H,1H3. The highest BCUT2D eigenvalue weighted by atomic mass is 19.4. The number of halogens is 3. The van der Waals surface area contributed by atoms with Crippen LogP contribution in [0, 0.1) is 0 Å². The van der Waals surface area contributed by atoms with Gasteiger partial charge in [-0.3, -0.25) is 0 Å². The number of aliphatic hydroxyl groups is 1. The molecule has 0 saturated heterocycles. The summed E-state index contributed by atoms with van der Waals surface area (Å²) in [6.07, 6.45) is -3.65. The quantitative estimate of drug-likeness (QED) is 0.496. The second-order valence-corrected chi connectivity index (χ2v) is 3.13. The number of carbonyl (C=O) groups is 1. The van der Waals surface area contributed by atoms with Crippen molar-refractivity contribution in [1.29, 1.82) is 0 Å². The van der Waals surface area contributed by atoms with E-state index in [9.17, 15) is 23.1 Å². The summed E-state index contributed by atoms with van der Waals surface area (Å²) in [4.78, 5) is 10.8. The van der Waals surface area contributed by atoms with Gasteiger partial charge < -0.3 is 9.84 Å². The van der Waals surface area contributed by atoms with Gasteiger partial charge in [0.25, 0.3) is 0 Å². The lowest BCUT2D eigenvalue weighted by Crippen LogP contribution is -2.04. The smallest absolute Gasteiger partial charge is 0.416 e. The van der Waals surface area contributed by atoms with Crippen LogP contribution in [0.1, 0.15) is 11.1 Å². The summed E-state index contributed by atoms with van der Waals surface area (Å²) >= 11 is 0. The SMILES string of the molecule is COC(=O)C=C(O)c1ccc(C(F)(F)F)cc1. The maximum Gasteiger partial charge on any atom is 0.416 e. The van der Waals surface area contributed by atoms with Crippen LogP contribution in [-0.4, -0.2) is 18.2 Å². The Kier molecular flexibility index (Phi) is 3.77. The molecule has 6 heteroatoms. The van der Waals surface area contributed by atoms with Crippen LogP contribution in [0.25, 0.3) is 5.76 Å². The van der Waals surface area contributed by atoms with Gasteiger partial charge in [-0.2, -0.15) is 13.2 Å². The fourth-order valence-corrected chi connectivity index (χ4v) is 1.08. The van der Waals surface area contributed by atoms with Crippen LogP contribution in [-0.2, 0) is 15.7 Å². The van der Waals surface area contributed by atoms with E-state index in [0.717, 1.165) is 37.5 Å². The first-order valence-corrected chi connectivity index (χ1v) is 4.51. The topological polar surface area (TPSA) is 46.5 Å². The molecule has 0 aliphatic heterocycles. The zero-order valence-electron chi connectivity index (χ0n) is 8.78. The van der Waals surface area contributed by atoms with Crippen LogP contribution in [0.15, 0.2) is 30.3 Å². The van der Waals surface area contributed by atoms with Crippen LogP contribution in [0.4, 0.5) is 13.2 Å². The molecule has 0 saturated carbocycles. The fraction of sp³-hybridized carbons (Fsp3) is 0.182. The number of esters is 1. The predicted octanol–water partition coefficient (Wildman–Crippen LogP) is 2.78. The Balaban J connectivity index is 2.96. The van der Waals surface area contributed by atoms with E-state index in [2.05, 4.69) is 4.74 Å². The molecule has 0 aliphatic rings. The number of hydrogen-bond donors (Lipinski definition) is 1. The molecular formula is C11H9F3O3. The molecule has 0 aliphatic carbocycles. The summed E-state index contributed by atoms with van der Waals surface area (Å²) in [7, 11) is 1.12. The molecule has 1 N–H and O–H groups in total. The van der Waals surface area contributed by atoms with E-state index in [-0.39, 0.29) is 5.56 Å². The lowest BCUT2D eigenvalue weighted by molar-refractivity contribution is -0.137. The maximum atomic E-state index is 12.2. The van der Waals surface area contributed by atoms with Crippen LogP contribution in [0.5, 0.6) is 0 Å². The summed E-state index contributed by atoms with van der Waals surface area (Å²) in [5.41, 5.74) is -0.726. The van der Waals surface area contributed by atoms with Gasteiger partial charge in [-0.25, -0.2) is 4.79 Å². The molecule has 0 amide bonds. The third kappa shape index (κ3) is 3.51. The number of methoxy groups -OCH3 is 1. The van der Waals surface area contributed by atoms with Crippen molar-refractivity contribution in [2.24, 2.45) is 0 Å². The Bertz CT molecular complexity index is 432. The first-order chi connectivity index (χ1) is 7.84. The second-order valence-electron chi connectivity index (χ2n) is 3.13. The Morgan fingerprint density at radius 3 is 2.24 bits per heavy atom. The van der Waals surface area contributed by atoms with Gasteiger partial charge >= 0.3 is 12.1 Å². The lowest BCUT2D eigenvalue weighted by atomic mass is 10.1. The minimum atomic E-state index is -4.43. The van der Waals surface area contributed by atoms with Crippen molar-refractivity contribution < 1.29 is 27.8 Å². The predicted molar refractivity (Wildman–Crippen MR) is 54.1 cm³/mol. The highest BCUT2D eigenvalue weighted by Gasteiger charge is 2.30. The third-order valence-corrected chi connectivity index (χ3v) is 1.96. The minimum Gasteiger partial charge on any atom is -0.507 e. The zero-order valence-corrected chi connectivity index (χ0v) is 8.78. The molecule has 0 bridgehead atoms. The lowest BCUT2D eigenvalue weighted by Gasteiger charge is -2.07. The largest absolute Gasteiger partial charge is 0.507 e. The van der Waals surface area contributed by atoms with Crippen molar-refractivity contribution in [3.05, 3.63) is 41.5 Å². The Labute approximate surface area is 95.1 Å². The molecule has 0 aromatic heterocycles. The van der Waals surface area contributed by atoms with Gasteiger partial charge in [0.1, 0.15) is 5.76 Å². The number of ether oxygens (including phenoxy) is 1. The number of benzene rings is 1. The van der Waals surface area contributed by atoms with Crippen LogP contribution in [0.3, 0.4) is 0 Å². The molecule has 0 unspecified atom stereocenters. The van der Waals surface area contributed by atoms with E-state index in [4.69, 9.17) is 0 Å². The van der Waals surface area contributed by atoms with Crippen molar-refractivity contribution in [3.63, 3.8) is 0 Å². The van der Waals surface area contributed by atoms with Crippen molar-refractivity contribution in [2.45, 2.75) is 6.18 Å². The van der Waals surface area contributed by atoms with Gasteiger partial charge in [0.2, 0.25) is 0 Å². The molecule has 3 nitrogen and oxygen atoms in total. The van der Waals surface area contributed by atoms with Gasteiger partial charge in [0, 0.05) is 5.56 Å². The molecule has 1 aromatic rings. The molecule has 0 atom stereocenters. The van der Waals surface area contributed by atoms with E-state index >= 15 is 0 Å². The number of rotatable bonds is 2. The van der Waals surface area contributed by atoms with Crippen molar-refractivity contribution in [3.8, 4) is 0 Å². The zero-order chi connectivity index (χ0) is 13.1. The van der Waals surface area contributed by atoms with Gasteiger partial charge in [0.05, 0.1) is 18.7 Å². The van der Waals surface area contributed by atoms with E-state index in [1.807, 2.05) is 0 Å². The highest BCUT2D eigenvalue weighted by molar-refractivity contribution is 5.89. The number of carbonyl (C=O) groups excluding carboxylic acids is 1. The summed E-state index contributed by atoms with van der Waals surface area (Å²) in [5.74, 6) is -1.24. The molecule has 0 radical (unpaired) electrons.